The minimum atomic E-state index is -1.50. The van der Waals surface area contributed by atoms with E-state index in [4.69, 9.17) is 14.9 Å². The van der Waals surface area contributed by atoms with Gasteiger partial charge in [-0.15, -0.1) is 0 Å². The Morgan fingerprint density at radius 2 is 2.22 bits per heavy atom. The molecule has 0 aromatic carbocycles. The highest BCUT2D eigenvalue weighted by Gasteiger charge is 2.32. The van der Waals surface area contributed by atoms with Crippen LogP contribution in [0.1, 0.15) is 19.8 Å². The van der Waals surface area contributed by atoms with Gasteiger partial charge in [0.25, 0.3) is 0 Å². The van der Waals surface area contributed by atoms with Gasteiger partial charge in [-0.05, 0) is 6.42 Å². The van der Waals surface area contributed by atoms with E-state index in [1.54, 1.807) is 6.92 Å². The second-order valence-electron chi connectivity index (χ2n) is 2.50. The minimum absolute atomic E-state index is 0.0972. The van der Waals surface area contributed by atoms with Crippen molar-refractivity contribution in [2.24, 2.45) is 0 Å². The largest absolute Gasteiger partial charge is 0.373 e. The molecular weight excluding hydrogens is 120 g/mol. The zero-order valence-electron chi connectivity index (χ0n) is 5.50. The molecule has 1 heterocycles. The second-order valence-corrected chi connectivity index (χ2v) is 2.50. The first-order valence-electron chi connectivity index (χ1n) is 3.20. The van der Waals surface area contributed by atoms with Crippen LogP contribution >= 0.6 is 0 Å². The Morgan fingerprint density at radius 3 is 2.56 bits per heavy atom. The Balaban J connectivity index is 2.21. The predicted octanol–water partition coefficient (Wildman–Crippen LogP) is -0.134. The molecule has 0 amide bonds. The van der Waals surface area contributed by atoms with Gasteiger partial charge in [0, 0.05) is 6.42 Å². The van der Waals surface area contributed by atoms with E-state index in [9.17, 15) is 0 Å². The molecule has 0 aromatic rings. The Labute approximate surface area is 54.3 Å². The highest BCUT2D eigenvalue weighted by molar-refractivity contribution is 4.76. The fourth-order valence-corrected chi connectivity index (χ4v) is 0.695. The molecule has 1 unspecified atom stereocenters. The maximum atomic E-state index is 9.01. The summed E-state index contributed by atoms with van der Waals surface area (Å²) in [5, 5.41) is 18.0. The number of hydrogen-bond acceptors (Lipinski definition) is 3. The molecule has 1 aliphatic rings. The lowest BCUT2D eigenvalue weighted by molar-refractivity contribution is -0.169. The summed E-state index contributed by atoms with van der Waals surface area (Å²) in [6, 6.07) is 0. The van der Waals surface area contributed by atoms with Gasteiger partial charge in [0.05, 0.1) is 12.7 Å². The average Bonchev–Trinajstić information content (AvgIpc) is 2.50. The molecule has 1 fully saturated rings. The van der Waals surface area contributed by atoms with Crippen LogP contribution in [-0.4, -0.2) is 28.7 Å². The third-order valence-corrected chi connectivity index (χ3v) is 1.52. The van der Waals surface area contributed by atoms with Crippen molar-refractivity contribution in [3.05, 3.63) is 0 Å². The molecule has 3 nitrogen and oxygen atoms in total. The van der Waals surface area contributed by atoms with Crippen LogP contribution in [0.4, 0.5) is 0 Å². The molecule has 0 aliphatic carbocycles. The predicted molar refractivity (Wildman–Crippen MR) is 31.8 cm³/mol. The molecule has 0 bridgehead atoms. The van der Waals surface area contributed by atoms with Crippen LogP contribution < -0.4 is 0 Å². The van der Waals surface area contributed by atoms with Crippen molar-refractivity contribution in [1.82, 2.24) is 0 Å². The Kier molecular flexibility index (Phi) is 1.75. The molecule has 1 saturated heterocycles. The average molecular weight is 132 g/mol. The minimum Gasteiger partial charge on any atom is -0.373 e. The molecule has 2 N–H and O–H groups in total. The number of hydrogen-bond donors (Lipinski definition) is 2. The van der Waals surface area contributed by atoms with Crippen LogP contribution in [0.5, 0.6) is 0 Å². The normalized spacial score (nSPS) is 26.3. The van der Waals surface area contributed by atoms with Crippen molar-refractivity contribution in [3.63, 3.8) is 0 Å². The molecule has 54 valence electrons. The molecule has 1 aliphatic heterocycles. The van der Waals surface area contributed by atoms with E-state index in [1.807, 2.05) is 0 Å². The third kappa shape index (κ3) is 2.30. The lowest BCUT2D eigenvalue weighted by atomic mass is 10.1. The van der Waals surface area contributed by atoms with E-state index in [0.717, 1.165) is 0 Å². The summed E-state index contributed by atoms with van der Waals surface area (Å²) < 4.78 is 4.83. The van der Waals surface area contributed by atoms with E-state index in [2.05, 4.69) is 0 Å². The number of aliphatic hydroxyl groups is 2. The standard InChI is InChI=1S/C6H12O3/c1-2-6(7,8)3-5-4-9-5/h5,7-8H,2-4H2,1H3. The van der Waals surface area contributed by atoms with Gasteiger partial charge in [-0.2, -0.15) is 0 Å². The van der Waals surface area contributed by atoms with Crippen LogP contribution in [-0.2, 0) is 4.74 Å². The molecule has 3 heteroatoms. The summed E-state index contributed by atoms with van der Waals surface area (Å²) in [5.74, 6) is -1.50. The van der Waals surface area contributed by atoms with E-state index in [0.29, 0.717) is 19.4 Å². The van der Waals surface area contributed by atoms with Gasteiger partial charge in [0.1, 0.15) is 0 Å². The smallest absolute Gasteiger partial charge is 0.164 e. The van der Waals surface area contributed by atoms with Crippen LogP contribution in [0.25, 0.3) is 0 Å². The molecule has 0 spiro atoms. The van der Waals surface area contributed by atoms with Gasteiger partial charge < -0.3 is 14.9 Å². The van der Waals surface area contributed by atoms with Gasteiger partial charge in [-0.1, -0.05) is 6.92 Å². The molecule has 1 rings (SSSR count). The highest BCUT2D eigenvalue weighted by Crippen LogP contribution is 2.22. The van der Waals surface area contributed by atoms with Gasteiger partial charge in [0.15, 0.2) is 5.79 Å². The topological polar surface area (TPSA) is 53.0 Å². The van der Waals surface area contributed by atoms with Crippen LogP contribution in [0, 0.1) is 0 Å². The van der Waals surface area contributed by atoms with E-state index < -0.39 is 5.79 Å². The van der Waals surface area contributed by atoms with Crippen LogP contribution in [0.15, 0.2) is 0 Å². The van der Waals surface area contributed by atoms with Crippen molar-refractivity contribution < 1.29 is 14.9 Å². The SMILES string of the molecule is CCC(O)(O)CC1CO1. The molecule has 9 heavy (non-hydrogen) atoms. The lowest BCUT2D eigenvalue weighted by Crippen LogP contribution is -2.28. The summed E-state index contributed by atoms with van der Waals surface area (Å²) in [6.07, 6.45) is 0.816. The first kappa shape index (κ1) is 6.99. The van der Waals surface area contributed by atoms with Crippen molar-refractivity contribution in [2.45, 2.75) is 31.7 Å². The van der Waals surface area contributed by atoms with E-state index in [1.165, 1.54) is 0 Å². The van der Waals surface area contributed by atoms with Gasteiger partial charge in [-0.3, -0.25) is 0 Å². The van der Waals surface area contributed by atoms with Gasteiger partial charge in [0.2, 0.25) is 0 Å². The first-order valence-corrected chi connectivity index (χ1v) is 3.20. The van der Waals surface area contributed by atoms with Crippen molar-refractivity contribution in [1.29, 1.82) is 0 Å². The van der Waals surface area contributed by atoms with Crippen LogP contribution in [0.3, 0.4) is 0 Å². The summed E-state index contributed by atoms with van der Waals surface area (Å²) in [7, 11) is 0. The Morgan fingerprint density at radius 1 is 1.67 bits per heavy atom. The molecule has 0 aromatic heterocycles. The number of rotatable bonds is 3. The van der Waals surface area contributed by atoms with E-state index >= 15 is 0 Å². The van der Waals surface area contributed by atoms with Gasteiger partial charge >= 0.3 is 0 Å². The van der Waals surface area contributed by atoms with Crippen molar-refractivity contribution in [2.75, 3.05) is 6.61 Å². The second kappa shape index (κ2) is 2.25. The third-order valence-electron chi connectivity index (χ3n) is 1.52. The molecule has 0 radical (unpaired) electrons. The van der Waals surface area contributed by atoms with E-state index in [-0.39, 0.29) is 6.10 Å². The maximum Gasteiger partial charge on any atom is 0.164 e. The maximum absolute atomic E-state index is 9.01. The highest BCUT2D eigenvalue weighted by atomic mass is 16.6. The Bertz CT molecular complexity index is 96.5. The summed E-state index contributed by atoms with van der Waals surface area (Å²) in [4.78, 5) is 0. The monoisotopic (exact) mass is 132 g/mol. The van der Waals surface area contributed by atoms with Crippen LogP contribution in [0.2, 0.25) is 0 Å². The first-order chi connectivity index (χ1) is 4.14. The van der Waals surface area contributed by atoms with Crippen molar-refractivity contribution in [3.8, 4) is 0 Å². The molecular formula is C6H12O3. The fourth-order valence-electron chi connectivity index (χ4n) is 0.695. The number of epoxide rings is 1. The Hall–Kier alpha value is -0.120. The summed E-state index contributed by atoms with van der Waals surface area (Å²) >= 11 is 0. The lowest BCUT2D eigenvalue weighted by Gasteiger charge is -2.17. The molecule has 1 atom stereocenters. The number of ether oxygens (including phenoxy) is 1. The summed E-state index contributed by atoms with van der Waals surface area (Å²) in [5.41, 5.74) is 0. The van der Waals surface area contributed by atoms with Gasteiger partial charge in [-0.25, -0.2) is 0 Å². The quantitative estimate of drug-likeness (QED) is 0.415. The molecule has 0 saturated carbocycles. The summed E-state index contributed by atoms with van der Waals surface area (Å²) in [6.45, 7) is 2.42. The zero-order chi connectivity index (χ0) is 6.91. The zero-order valence-corrected chi connectivity index (χ0v) is 5.50. The fraction of sp³-hybridized carbons (Fsp3) is 1.00. The van der Waals surface area contributed by atoms with Crippen molar-refractivity contribution >= 4 is 0 Å².